The van der Waals surface area contributed by atoms with E-state index in [0.717, 1.165) is 21.4 Å². The van der Waals surface area contributed by atoms with Crippen molar-refractivity contribution in [2.75, 3.05) is 17.2 Å². The van der Waals surface area contributed by atoms with Gasteiger partial charge in [-0.1, -0.05) is 48.0 Å². The van der Waals surface area contributed by atoms with Crippen LogP contribution in [0.1, 0.15) is 31.9 Å². The van der Waals surface area contributed by atoms with E-state index >= 15 is 0 Å². The SMILES string of the molecule is CCOc1cc(CNc2ccc(NC(=O)C(C)C)cc2)c(Br)cc1OCc1ccccc1F. The number of benzene rings is 3. The average molecular weight is 515 g/mol. The molecule has 0 heterocycles. The van der Waals surface area contributed by atoms with E-state index in [9.17, 15) is 9.18 Å². The third-order valence-electron chi connectivity index (χ3n) is 4.91. The molecule has 0 saturated heterocycles. The maximum atomic E-state index is 13.9. The molecule has 2 N–H and O–H groups in total. The quantitative estimate of drug-likeness (QED) is 0.313. The fraction of sp³-hybridized carbons (Fsp3) is 0.269. The van der Waals surface area contributed by atoms with Crippen LogP contribution in [0.15, 0.2) is 65.1 Å². The van der Waals surface area contributed by atoms with E-state index < -0.39 is 0 Å². The van der Waals surface area contributed by atoms with Gasteiger partial charge in [0.2, 0.25) is 5.91 Å². The van der Waals surface area contributed by atoms with Crippen molar-refractivity contribution in [1.29, 1.82) is 0 Å². The number of carbonyl (C=O) groups excluding carboxylic acids is 1. The molecule has 0 fully saturated rings. The number of rotatable bonds is 10. The molecule has 33 heavy (non-hydrogen) atoms. The van der Waals surface area contributed by atoms with Crippen LogP contribution in [0.3, 0.4) is 0 Å². The summed E-state index contributed by atoms with van der Waals surface area (Å²) < 4.78 is 26.4. The van der Waals surface area contributed by atoms with E-state index in [1.54, 1.807) is 18.2 Å². The summed E-state index contributed by atoms with van der Waals surface area (Å²) in [4.78, 5) is 11.8. The number of halogens is 2. The summed E-state index contributed by atoms with van der Waals surface area (Å²) >= 11 is 3.60. The van der Waals surface area contributed by atoms with Gasteiger partial charge in [-0.25, -0.2) is 4.39 Å². The largest absolute Gasteiger partial charge is 0.490 e. The van der Waals surface area contributed by atoms with Crippen LogP contribution in [0.2, 0.25) is 0 Å². The fourth-order valence-electron chi connectivity index (χ4n) is 3.02. The van der Waals surface area contributed by atoms with Gasteiger partial charge in [0.1, 0.15) is 12.4 Å². The predicted molar refractivity (Wildman–Crippen MR) is 133 cm³/mol. The maximum Gasteiger partial charge on any atom is 0.226 e. The fourth-order valence-corrected chi connectivity index (χ4v) is 3.48. The molecule has 0 aliphatic heterocycles. The molecule has 174 valence electrons. The van der Waals surface area contributed by atoms with Gasteiger partial charge >= 0.3 is 0 Å². The summed E-state index contributed by atoms with van der Waals surface area (Å²) in [5.41, 5.74) is 3.14. The zero-order valence-corrected chi connectivity index (χ0v) is 20.5. The number of nitrogens with one attached hydrogen (secondary N) is 2. The van der Waals surface area contributed by atoms with Crippen molar-refractivity contribution in [3.8, 4) is 11.5 Å². The molecule has 0 atom stereocenters. The Morgan fingerprint density at radius 1 is 0.970 bits per heavy atom. The van der Waals surface area contributed by atoms with Gasteiger partial charge in [-0.05, 0) is 55.0 Å². The Labute approximate surface area is 202 Å². The molecule has 0 spiro atoms. The Morgan fingerprint density at radius 2 is 1.64 bits per heavy atom. The summed E-state index contributed by atoms with van der Waals surface area (Å²) in [5.74, 6) is 0.755. The number of carbonyl (C=O) groups is 1. The Bertz CT molecular complexity index is 1090. The van der Waals surface area contributed by atoms with Gasteiger partial charge in [0.15, 0.2) is 11.5 Å². The number of ether oxygens (including phenoxy) is 2. The lowest BCUT2D eigenvalue weighted by Gasteiger charge is -2.16. The lowest BCUT2D eigenvalue weighted by Crippen LogP contribution is -2.17. The molecular weight excluding hydrogens is 487 g/mol. The van der Waals surface area contributed by atoms with E-state index in [4.69, 9.17) is 9.47 Å². The van der Waals surface area contributed by atoms with Crippen molar-refractivity contribution in [3.05, 3.63) is 82.1 Å². The van der Waals surface area contributed by atoms with Crippen molar-refractivity contribution < 1.29 is 18.7 Å². The normalized spacial score (nSPS) is 10.7. The smallest absolute Gasteiger partial charge is 0.226 e. The van der Waals surface area contributed by atoms with Gasteiger partial charge in [0.25, 0.3) is 0 Å². The topological polar surface area (TPSA) is 59.6 Å². The molecule has 0 bridgehead atoms. The molecule has 0 unspecified atom stereocenters. The molecule has 0 aliphatic carbocycles. The molecule has 7 heteroatoms. The van der Waals surface area contributed by atoms with Crippen LogP contribution in [0, 0.1) is 11.7 Å². The highest BCUT2D eigenvalue weighted by Gasteiger charge is 2.13. The van der Waals surface area contributed by atoms with E-state index in [0.29, 0.717) is 30.2 Å². The van der Waals surface area contributed by atoms with Crippen molar-refractivity contribution in [2.45, 2.75) is 33.9 Å². The standard InChI is InChI=1S/C26H28BrFN2O3/c1-4-32-24-13-19(15-29-20-9-11-21(12-10-20)30-26(31)17(2)3)22(27)14-25(24)33-16-18-7-5-6-8-23(18)28/h5-14,17,29H,4,15-16H2,1-3H3,(H,30,31). The first-order valence-electron chi connectivity index (χ1n) is 10.8. The lowest BCUT2D eigenvalue weighted by molar-refractivity contribution is -0.118. The van der Waals surface area contributed by atoms with E-state index in [1.165, 1.54) is 6.07 Å². The molecule has 1 amide bonds. The summed E-state index contributed by atoms with van der Waals surface area (Å²) in [5, 5.41) is 6.25. The molecule has 0 aromatic heterocycles. The monoisotopic (exact) mass is 514 g/mol. The first kappa shape index (κ1) is 24.6. The highest BCUT2D eigenvalue weighted by molar-refractivity contribution is 9.10. The molecule has 3 aromatic carbocycles. The number of hydrogen-bond acceptors (Lipinski definition) is 4. The number of hydrogen-bond donors (Lipinski definition) is 2. The van der Waals surface area contributed by atoms with Crippen molar-refractivity contribution >= 4 is 33.2 Å². The second-order valence-corrected chi connectivity index (χ2v) is 8.63. The Balaban J connectivity index is 1.67. The predicted octanol–water partition coefficient (Wildman–Crippen LogP) is 6.77. The average Bonchev–Trinajstić information content (AvgIpc) is 2.80. The molecule has 5 nitrogen and oxygen atoms in total. The lowest BCUT2D eigenvalue weighted by atomic mass is 10.1. The maximum absolute atomic E-state index is 13.9. The van der Waals surface area contributed by atoms with Gasteiger partial charge in [0.05, 0.1) is 6.61 Å². The number of amides is 1. The molecule has 0 aliphatic rings. The van der Waals surface area contributed by atoms with Gasteiger partial charge in [-0.3, -0.25) is 4.79 Å². The van der Waals surface area contributed by atoms with Crippen molar-refractivity contribution in [2.24, 2.45) is 5.92 Å². The van der Waals surface area contributed by atoms with Gasteiger partial charge in [-0.2, -0.15) is 0 Å². The highest BCUT2D eigenvalue weighted by Crippen LogP contribution is 2.35. The zero-order chi connectivity index (χ0) is 23.8. The minimum atomic E-state index is -0.301. The Kier molecular flexibility index (Phi) is 8.72. The summed E-state index contributed by atoms with van der Waals surface area (Å²) in [6, 6.07) is 17.9. The third kappa shape index (κ3) is 6.96. The number of anilines is 2. The minimum Gasteiger partial charge on any atom is -0.490 e. The van der Waals surface area contributed by atoms with E-state index in [1.807, 2.05) is 57.2 Å². The van der Waals surface area contributed by atoms with Crippen LogP contribution < -0.4 is 20.1 Å². The first-order valence-corrected chi connectivity index (χ1v) is 11.6. The summed E-state index contributed by atoms with van der Waals surface area (Å²) in [7, 11) is 0. The molecule has 0 radical (unpaired) electrons. The van der Waals surface area contributed by atoms with Crippen LogP contribution in [0.25, 0.3) is 0 Å². The summed E-state index contributed by atoms with van der Waals surface area (Å²) in [6.07, 6.45) is 0. The molecular formula is C26H28BrFN2O3. The van der Waals surface area contributed by atoms with Crippen molar-refractivity contribution in [1.82, 2.24) is 0 Å². The molecule has 0 saturated carbocycles. The van der Waals surface area contributed by atoms with Gasteiger partial charge in [0, 0.05) is 33.9 Å². The molecule has 3 aromatic rings. The van der Waals surface area contributed by atoms with E-state index in [-0.39, 0.29) is 24.2 Å². The zero-order valence-electron chi connectivity index (χ0n) is 19.0. The van der Waals surface area contributed by atoms with Gasteiger partial charge in [-0.15, -0.1) is 0 Å². The molecule has 3 rings (SSSR count). The van der Waals surface area contributed by atoms with Crippen molar-refractivity contribution in [3.63, 3.8) is 0 Å². The van der Waals surface area contributed by atoms with Crippen LogP contribution in [0.5, 0.6) is 11.5 Å². The first-order chi connectivity index (χ1) is 15.9. The minimum absolute atomic E-state index is 0.0135. The highest BCUT2D eigenvalue weighted by atomic mass is 79.9. The van der Waals surface area contributed by atoms with E-state index in [2.05, 4.69) is 26.6 Å². The summed E-state index contributed by atoms with van der Waals surface area (Å²) in [6.45, 7) is 6.75. The second-order valence-electron chi connectivity index (χ2n) is 7.78. The van der Waals surface area contributed by atoms with Gasteiger partial charge < -0.3 is 20.1 Å². The second kappa shape index (κ2) is 11.7. The van der Waals surface area contributed by atoms with Crippen LogP contribution in [-0.4, -0.2) is 12.5 Å². The Morgan fingerprint density at radius 3 is 2.30 bits per heavy atom. The van der Waals surface area contributed by atoms with Crippen LogP contribution >= 0.6 is 15.9 Å². The third-order valence-corrected chi connectivity index (χ3v) is 5.65. The van der Waals surface area contributed by atoms with Crippen LogP contribution in [-0.2, 0) is 17.9 Å². The Hall–Kier alpha value is -3.06. The van der Waals surface area contributed by atoms with Crippen LogP contribution in [0.4, 0.5) is 15.8 Å².